The van der Waals surface area contributed by atoms with E-state index in [-0.39, 0.29) is 16.6 Å². The van der Waals surface area contributed by atoms with Crippen molar-refractivity contribution in [2.24, 2.45) is 0 Å². The van der Waals surface area contributed by atoms with Crippen molar-refractivity contribution in [3.05, 3.63) is 41.0 Å². The van der Waals surface area contributed by atoms with Crippen LogP contribution in [0.4, 0.5) is 0 Å². The fourth-order valence-corrected chi connectivity index (χ4v) is 2.60. The van der Waals surface area contributed by atoms with E-state index < -0.39 is 11.9 Å². The molecule has 0 aliphatic heterocycles. The highest BCUT2D eigenvalue weighted by Gasteiger charge is 2.37. The van der Waals surface area contributed by atoms with E-state index in [1.807, 2.05) is 26.0 Å². The van der Waals surface area contributed by atoms with Gasteiger partial charge in [0, 0.05) is 0 Å². The van der Waals surface area contributed by atoms with Crippen LogP contribution in [0.2, 0.25) is 0 Å². The number of carbonyl (C=O) groups excluding carboxylic acids is 1. The number of hydrogen-bond donors (Lipinski definition) is 1. The second-order valence-corrected chi connectivity index (χ2v) is 5.26. The first-order chi connectivity index (χ1) is 8.88. The van der Waals surface area contributed by atoms with Crippen molar-refractivity contribution >= 4 is 17.5 Å². The van der Waals surface area contributed by atoms with Gasteiger partial charge in [0.05, 0.1) is 18.3 Å². The second-order valence-electron chi connectivity index (χ2n) is 5.26. The average molecular weight is 260 g/mol. The summed E-state index contributed by atoms with van der Waals surface area (Å²) in [7, 11) is 1.26. The summed E-state index contributed by atoms with van der Waals surface area (Å²) in [6, 6.07) is 7.38. The SMILES string of the molecule is COC(=O)C1=C(C(=O)O)CC(C)(C)c2ccccc21. The molecular formula is C15H16O4. The Morgan fingerprint density at radius 3 is 2.47 bits per heavy atom. The molecule has 1 aromatic rings. The van der Waals surface area contributed by atoms with E-state index >= 15 is 0 Å². The second kappa shape index (κ2) is 4.53. The number of benzene rings is 1. The maximum atomic E-state index is 11.9. The van der Waals surface area contributed by atoms with Crippen molar-refractivity contribution in [3.63, 3.8) is 0 Å². The Kier molecular flexibility index (Phi) is 3.18. The van der Waals surface area contributed by atoms with Crippen molar-refractivity contribution in [3.8, 4) is 0 Å². The molecule has 0 aromatic heterocycles. The fourth-order valence-electron chi connectivity index (χ4n) is 2.60. The molecule has 0 fully saturated rings. The van der Waals surface area contributed by atoms with E-state index in [1.165, 1.54) is 7.11 Å². The molecule has 0 bridgehead atoms. The fraction of sp³-hybridized carbons (Fsp3) is 0.333. The molecule has 0 saturated carbocycles. The predicted octanol–water partition coefficient (Wildman–Crippen LogP) is 2.38. The van der Waals surface area contributed by atoms with Gasteiger partial charge in [0.15, 0.2) is 0 Å². The molecule has 0 amide bonds. The molecule has 1 N–H and O–H groups in total. The minimum atomic E-state index is -1.07. The topological polar surface area (TPSA) is 63.6 Å². The molecule has 1 aliphatic carbocycles. The van der Waals surface area contributed by atoms with Crippen LogP contribution < -0.4 is 0 Å². The number of ether oxygens (including phenoxy) is 1. The monoisotopic (exact) mass is 260 g/mol. The van der Waals surface area contributed by atoms with Crippen LogP contribution >= 0.6 is 0 Å². The first-order valence-electron chi connectivity index (χ1n) is 6.03. The summed E-state index contributed by atoms with van der Waals surface area (Å²) in [5.74, 6) is -1.66. The smallest absolute Gasteiger partial charge is 0.339 e. The van der Waals surface area contributed by atoms with Gasteiger partial charge in [-0.15, -0.1) is 0 Å². The average Bonchev–Trinajstić information content (AvgIpc) is 2.37. The zero-order valence-corrected chi connectivity index (χ0v) is 11.2. The summed E-state index contributed by atoms with van der Waals surface area (Å²) in [5, 5.41) is 9.35. The Labute approximate surface area is 111 Å². The van der Waals surface area contributed by atoms with Crippen molar-refractivity contribution in [2.45, 2.75) is 25.7 Å². The Balaban J connectivity index is 2.76. The van der Waals surface area contributed by atoms with E-state index in [2.05, 4.69) is 0 Å². The lowest BCUT2D eigenvalue weighted by Gasteiger charge is -2.33. The molecule has 4 heteroatoms. The largest absolute Gasteiger partial charge is 0.478 e. The van der Waals surface area contributed by atoms with Gasteiger partial charge in [-0.1, -0.05) is 38.1 Å². The molecule has 19 heavy (non-hydrogen) atoms. The van der Waals surface area contributed by atoms with Crippen LogP contribution in [0.3, 0.4) is 0 Å². The zero-order valence-electron chi connectivity index (χ0n) is 11.2. The van der Waals surface area contributed by atoms with Crippen LogP contribution in [0, 0.1) is 0 Å². The highest BCUT2D eigenvalue weighted by Crippen LogP contribution is 2.42. The van der Waals surface area contributed by atoms with Crippen LogP contribution in [-0.2, 0) is 19.7 Å². The Morgan fingerprint density at radius 1 is 1.26 bits per heavy atom. The van der Waals surface area contributed by atoms with Crippen molar-refractivity contribution in [1.29, 1.82) is 0 Å². The summed E-state index contributed by atoms with van der Waals surface area (Å²) in [6.07, 6.45) is 0.309. The molecule has 0 atom stereocenters. The molecule has 0 heterocycles. The highest BCUT2D eigenvalue weighted by molar-refractivity contribution is 6.23. The van der Waals surface area contributed by atoms with Gasteiger partial charge in [0.1, 0.15) is 0 Å². The van der Waals surface area contributed by atoms with E-state index in [1.54, 1.807) is 12.1 Å². The van der Waals surface area contributed by atoms with E-state index in [0.717, 1.165) is 5.56 Å². The van der Waals surface area contributed by atoms with Crippen molar-refractivity contribution in [2.75, 3.05) is 7.11 Å². The van der Waals surface area contributed by atoms with Crippen LogP contribution in [0.25, 0.3) is 5.57 Å². The van der Waals surface area contributed by atoms with Gasteiger partial charge < -0.3 is 9.84 Å². The van der Waals surface area contributed by atoms with Crippen LogP contribution in [0.5, 0.6) is 0 Å². The van der Waals surface area contributed by atoms with Crippen molar-refractivity contribution in [1.82, 2.24) is 0 Å². The molecule has 4 nitrogen and oxygen atoms in total. The van der Waals surface area contributed by atoms with Gasteiger partial charge in [-0.3, -0.25) is 0 Å². The van der Waals surface area contributed by atoms with E-state index in [9.17, 15) is 14.7 Å². The molecular weight excluding hydrogens is 244 g/mol. The summed E-state index contributed by atoms with van der Waals surface area (Å²) in [4.78, 5) is 23.3. The summed E-state index contributed by atoms with van der Waals surface area (Å²) in [5.41, 5.74) is 1.60. The molecule has 0 radical (unpaired) electrons. The van der Waals surface area contributed by atoms with Crippen LogP contribution in [0.1, 0.15) is 31.4 Å². The lowest BCUT2D eigenvalue weighted by atomic mass is 9.70. The number of esters is 1. The van der Waals surface area contributed by atoms with Gasteiger partial charge in [-0.25, -0.2) is 9.59 Å². The van der Waals surface area contributed by atoms with Gasteiger partial charge in [0.2, 0.25) is 0 Å². The Morgan fingerprint density at radius 2 is 1.89 bits per heavy atom. The molecule has 100 valence electrons. The van der Waals surface area contributed by atoms with E-state index in [0.29, 0.717) is 12.0 Å². The van der Waals surface area contributed by atoms with Crippen LogP contribution in [-0.4, -0.2) is 24.2 Å². The normalized spacial score (nSPS) is 16.8. The number of rotatable bonds is 2. The quantitative estimate of drug-likeness (QED) is 0.829. The number of carboxylic acids is 1. The molecule has 1 aliphatic rings. The number of methoxy groups -OCH3 is 1. The third-order valence-electron chi connectivity index (χ3n) is 3.49. The van der Waals surface area contributed by atoms with Gasteiger partial charge in [-0.2, -0.15) is 0 Å². The number of carbonyl (C=O) groups is 2. The number of hydrogen-bond acceptors (Lipinski definition) is 3. The molecule has 0 unspecified atom stereocenters. The maximum Gasteiger partial charge on any atom is 0.339 e. The van der Waals surface area contributed by atoms with Gasteiger partial charge >= 0.3 is 11.9 Å². The lowest BCUT2D eigenvalue weighted by Crippen LogP contribution is -2.29. The molecule has 1 aromatic carbocycles. The molecule has 0 spiro atoms. The molecule has 0 saturated heterocycles. The van der Waals surface area contributed by atoms with Crippen molar-refractivity contribution < 1.29 is 19.4 Å². The standard InChI is InChI=1S/C15H16O4/c1-15(2)8-10(13(16)17)12(14(18)19-3)9-6-4-5-7-11(9)15/h4-7H,8H2,1-3H3,(H,16,17). The number of aliphatic carboxylic acids is 1. The Bertz CT molecular complexity index is 582. The first kappa shape index (κ1) is 13.3. The van der Waals surface area contributed by atoms with Crippen LogP contribution in [0.15, 0.2) is 29.8 Å². The summed E-state index contributed by atoms with van der Waals surface area (Å²) < 4.78 is 4.73. The van der Waals surface area contributed by atoms with Gasteiger partial charge in [-0.05, 0) is 23.0 Å². The third kappa shape index (κ3) is 2.14. The summed E-state index contributed by atoms with van der Waals surface area (Å²) >= 11 is 0. The predicted molar refractivity (Wildman–Crippen MR) is 70.7 cm³/mol. The minimum Gasteiger partial charge on any atom is -0.478 e. The zero-order chi connectivity index (χ0) is 14.2. The third-order valence-corrected chi connectivity index (χ3v) is 3.49. The van der Waals surface area contributed by atoms with Gasteiger partial charge in [0.25, 0.3) is 0 Å². The number of fused-ring (bicyclic) bond motifs is 1. The lowest BCUT2D eigenvalue weighted by molar-refractivity contribution is -0.136. The maximum absolute atomic E-state index is 11.9. The highest BCUT2D eigenvalue weighted by atomic mass is 16.5. The number of carboxylic acid groups (broad SMARTS) is 1. The first-order valence-corrected chi connectivity index (χ1v) is 6.03. The minimum absolute atomic E-state index is 0.121. The van der Waals surface area contributed by atoms with E-state index in [4.69, 9.17) is 4.74 Å². The summed E-state index contributed by atoms with van der Waals surface area (Å²) in [6.45, 7) is 3.95. The Hall–Kier alpha value is -2.10. The molecule has 2 rings (SSSR count).